The van der Waals surface area contributed by atoms with Crippen LogP contribution in [0.1, 0.15) is 16.1 Å². The molecule has 0 saturated carbocycles. The molecule has 0 aliphatic carbocycles. The predicted octanol–water partition coefficient (Wildman–Crippen LogP) is 3.72. The van der Waals surface area contributed by atoms with E-state index in [1.165, 1.54) is 4.88 Å². The lowest BCUT2D eigenvalue weighted by atomic mass is 10.2. The second kappa shape index (κ2) is 5.51. The summed E-state index contributed by atoms with van der Waals surface area (Å²) in [5.41, 5.74) is 4.52. The number of nitriles is 1. The highest BCUT2D eigenvalue weighted by atomic mass is 79.9. The van der Waals surface area contributed by atoms with Gasteiger partial charge in [0.2, 0.25) is 0 Å². The van der Waals surface area contributed by atoms with Gasteiger partial charge in [-0.1, -0.05) is 15.9 Å². The molecular weight excluding hydrogens is 310 g/mol. The zero-order valence-corrected chi connectivity index (χ0v) is 12.5. The van der Waals surface area contributed by atoms with E-state index >= 15 is 0 Å². The smallest absolute Gasteiger partial charge is 0.101 e. The van der Waals surface area contributed by atoms with Crippen LogP contribution in [0, 0.1) is 18.3 Å². The zero-order chi connectivity index (χ0) is 13.1. The molecule has 0 bridgehead atoms. The monoisotopic (exact) mass is 321 g/mol. The van der Waals surface area contributed by atoms with Gasteiger partial charge in [-0.3, -0.25) is 0 Å². The summed E-state index contributed by atoms with van der Waals surface area (Å²) in [4.78, 5) is 7.54. The Morgan fingerprint density at radius 3 is 2.89 bits per heavy atom. The molecule has 0 spiro atoms. The van der Waals surface area contributed by atoms with E-state index in [0.29, 0.717) is 5.56 Å². The highest BCUT2D eigenvalue weighted by molar-refractivity contribution is 9.10. The Labute approximate surface area is 119 Å². The minimum Gasteiger partial charge on any atom is -0.368 e. The molecule has 1 heterocycles. The van der Waals surface area contributed by atoms with Crippen LogP contribution in [0.5, 0.6) is 0 Å². The van der Waals surface area contributed by atoms with E-state index in [2.05, 4.69) is 31.9 Å². The highest BCUT2D eigenvalue weighted by Gasteiger charge is 2.11. The van der Waals surface area contributed by atoms with Gasteiger partial charge in [-0.2, -0.15) is 5.26 Å². The van der Waals surface area contributed by atoms with E-state index in [9.17, 15) is 0 Å². The molecule has 0 aliphatic heterocycles. The quantitative estimate of drug-likeness (QED) is 0.864. The number of nitrogens with zero attached hydrogens (tertiary/aromatic N) is 3. The fourth-order valence-corrected chi connectivity index (χ4v) is 2.87. The number of hydrogen-bond donors (Lipinski definition) is 0. The lowest BCUT2D eigenvalue weighted by Crippen LogP contribution is -2.17. The number of rotatable bonds is 3. The summed E-state index contributed by atoms with van der Waals surface area (Å²) in [6, 6.07) is 7.90. The summed E-state index contributed by atoms with van der Waals surface area (Å²) in [6.45, 7) is 2.77. The van der Waals surface area contributed by atoms with Crippen LogP contribution in [0.4, 0.5) is 5.69 Å². The molecule has 5 heteroatoms. The molecule has 3 nitrogen and oxygen atoms in total. The molecule has 92 valence electrons. The van der Waals surface area contributed by atoms with E-state index in [-0.39, 0.29) is 0 Å². The van der Waals surface area contributed by atoms with Crippen LogP contribution in [0.25, 0.3) is 0 Å². The Hall–Kier alpha value is -1.38. The third kappa shape index (κ3) is 2.71. The van der Waals surface area contributed by atoms with E-state index in [0.717, 1.165) is 22.4 Å². The van der Waals surface area contributed by atoms with Crippen molar-refractivity contribution < 1.29 is 0 Å². The van der Waals surface area contributed by atoms with Crippen LogP contribution >= 0.6 is 27.3 Å². The summed E-state index contributed by atoms with van der Waals surface area (Å²) >= 11 is 5.08. The molecule has 1 aromatic carbocycles. The van der Waals surface area contributed by atoms with E-state index < -0.39 is 0 Å². The van der Waals surface area contributed by atoms with Crippen LogP contribution in [-0.4, -0.2) is 12.0 Å². The van der Waals surface area contributed by atoms with Crippen LogP contribution in [0.15, 0.2) is 28.2 Å². The largest absolute Gasteiger partial charge is 0.368 e. The summed E-state index contributed by atoms with van der Waals surface area (Å²) in [5, 5.41) is 9.14. The Kier molecular flexibility index (Phi) is 4.00. The van der Waals surface area contributed by atoms with Crippen LogP contribution in [0.2, 0.25) is 0 Å². The van der Waals surface area contributed by atoms with Crippen molar-refractivity contribution in [1.82, 2.24) is 4.98 Å². The topological polar surface area (TPSA) is 39.9 Å². The maximum Gasteiger partial charge on any atom is 0.101 e. The van der Waals surface area contributed by atoms with Gasteiger partial charge in [0.15, 0.2) is 0 Å². The summed E-state index contributed by atoms with van der Waals surface area (Å²) in [5.74, 6) is 0. The second-order valence-electron chi connectivity index (χ2n) is 3.99. The first-order valence-electron chi connectivity index (χ1n) is 5.41. The first-order chi connectivity index (χ1) is 8.61. The van der Waals surface area contributed by atoms with Gasteiger partial charge in [0.1, 0.15) is 6.07 Å². The Balaban J connectivity index is 2.29. The molecule has 0 unspecified atom stereocenters. The number of aromatic nitrogens is 1. The van der Waals surface area contributed by atoms with Gasteiger partial charge in [-0.25, -0.2) is 4.98 Å². The minimum absolute atomic E-state index is 0.683. The molecule has 0 aliphatic rings. The number of hydrogen-bond acceptors (Lipinski definition) is 4. The number of anilines is 1. The summed E-state index contributed by atoms with van der Waals surface area (Å²) in [7, 11) is 1.99. The fourth-order valence-electron chi connectivity index (χ4n) is 1.69. The van der Waals surface area contributed by atoms with Gasteiger partial charge in [0, 0.05) is 16.4 Å². The molecule has 2 aromatic rings. The maximum absolute atomic E-state index is 9.14. The number of halogens is 1. The van der Waals surface area contributed by atoms with E-state index in [1.54, 1.807) is 11.3 Å². The molecule has 2 rings (SSSR count). The molecule has 0 saturated heterocycles. The lowest BCUT2D eigenvalue weighted by Gasteiger charge is -2.20. The van der Waals surface area contributed by atoms with Crippen molar-refractivity contribution in [3.63, 3.8) is 0 Å². The Morgan fingerprint density at radius 1 is 1.50 bits per heavy atom. The van der Waals surface area contributed by atoms with Crippen molar-refractivity contribution in [2.24, 2.45) is 0 Å². The number of benzene rings is 1. The van der Waals surface area contributed by atoms with Crippen molar-refractivity contribution in [1.29, 1.82) is 5.26 Å². The molecule has 0 fully saturated rings. The predicted molar refractivity (Wildman–Crippen MR) is 77.8 cm³/mol. The zero-order valence-electron chi connectivity index (χ0n) is 10.1. The SMILES string of the molecule is Cc1ncsc1CN(C)c1cc(Br)ccc1C#N. The standard InChI is InChI=1S/C13H12BrN3S/c1-9-13(18-8-16-9)7-17(2)12-5-11(14)4-3-10(12)6-15/h3-5,8H,7H2,1-2H3. The fraction of sp³-hybridized carbons (Fsp3) is 0.231. The highest BCUT2D eigenvalue weighted by Crippen LogP contribution is 2.26. The van der Waals surface area contributed by atoms with Crippen molar-refractivity contribution in [2.75, 3.05) is 11.9 Å². The van der Waals surface area contributed by atoms with Gasteiger partial charge < -0.3 is 4.90 Å². The Bertz CT molecular complexity index is 601. The Morgan fingerprint density at radius 2 is 2.28 bits per heavy atom. The summed E-state index contributed by atoms with van der Waals surface area (Å²) < 4.78 is 0.976. The molecule has 0 radical (unpaired) electrons. The van der Waals surface area contributed by atoms with E-state index in [1.807, 2.05) is 37.7 Å². The molecule has 1 aromatic heterocycles. The van der Waals surface area contributed by atoms with Crippen LogP contribution in [0.3, 0.4) is 0 Å². The van der Waals surface area contributed by atoms with Gasteiger partial charge in [-0.15, -0.1) is 11.3 Å². The maximum atomic E-state index is 9.14. The lowest BCUT2D eigenvalue weighted by molar-refractivity contribution is 0.923. The summed E-state index contributed by atoms with van der Waals surface area (Å²) in [6.07, 6.45) is 0. The molecular formula is C13H12BrN3S. The van der Waals surface area contributed by atoms with Gasteiger partial charge in [-0.05, 0) is 25.1 Å². The van der Waals surface area contributed by atoms with Crippen molar-refractivity contribution >= 4 is 33.0 Å². The van der Waals surface area contributed by atoms with Gasteiger partial charge >= 0.3 is 0 Å². The minimum atomic E-state index is 0.683. The van der Waals surface area contributed by atoms with Crippen LogP contribution < -0.4 is 4.90 Å². The van der Waals surface area contributed by atoms with E-state index in [4.69, 9.17) is 5.26 Å². The van der Waals surface area contributed by atoms with Crippen molar-refractivity contribution in [3.8, 4) is 6.07 Å². The molecule has 0 atom stereocenters. The number of aryl methyl sites for hydroxylation is 1. The average molecular weight is 322 g/mol. The van der Waals surface area contributed by atoms with Crippen molar-refractivity contribution in [2.45, 2.75) is 13.5 Å². The molecule has 18 heavy (non-hydrogen) atoms. The van der Waals surface area contributed by atoms with Crippen molar-refractivity contribution in [3.05, 3.63) is 44.3 Å². The second-order valence-corrected chi connectivity index (χ2v) is 5.85. The third-order valence-corrected chi connectivity index (χ3v) is 4.13. The van der Waals surface area contributed by atoms with Gasteiger partial charge in [0.25, 0.3) is 0 Å². The average Bonchev–Trinajstić information content (AvgIpc) is 2.75. The first kappa shape index (κ1) is 13.1. The third-order valence-electron chi connectivity index (χ3n) is 2.72. The van der Waals surface area contributed by atoms with Crippen LogP contribution in [-0.2, 0) is 6.54 Å². The number of thiazole rings is 1. The van der Waals surface area contributed by atoms with Gasteiger partial charge in [0.05, 0.1) is 29.0 Å². The molecule has 0 N–H and O–H groups in total. The first-order valence-corrected chi connectivity index (χ1v) is 7.09. The molecule has 0 amide bonds. The normalized spacial score (nSPS) is 10.1.